The van der Waals surface area contributed by atoms with Crippen LogP contribution in [0.1, 0.15) is 68.7 Å². The summed E-state index contributed by atoms with van der Waals surface area (Å²) in [6, 6.07) is 0. The normalized spacial score (nSPS) is 24.6. The molecule has 1 aromatic heterocycles. The second-order valence-corrected chi connectivity index (χ2v) is 7.71. The minimum absolute atomic E-state index is 0.316. The molecule has 0 aromatic carbocycles. The maximum Gasteiger partial charge on any atom is 0.100 e. The highest BCUT2D eigenvalue weighted by atomic mass is 32.1. The molecule has 1 aliphatic rings. The molecule has 0 amide bonds. The van der Waals surface area contributed by atoms with E-state index >= 15 is 0 Å². The molecule has 4 nitrogen and oxygen atoms in total. The van der Waals surface area contributed by atoms with Gasteiger partial charge in [-0.3, -0.25) is 0 Å². The van der Waals surface area contributed by atoms with E-state index in [9.17, 15) is 5.11 Å². The van der Waals surface area contributed by atoms with Crippen molar-refractivity contribution in [1.29, 1.82) is 10.8 Å². The number of nitrogens with one attached hydrogen (secondary N) is 2. The van der Waals surface area contributed by atoms with Crippen LogP contribution in [-0.4, -0.2) is 21.5 Å². The fourth-order valence-electron chi connectivity index (χ4n) is 3.26. The first-order valence-corrected chi connectivity index (χ1v) is 9.39. The molecule has 1 aliphatic carbocycles. The third-order valence-corrected chi connectivity index (χ3v) is 5.85. The zero-order valence-corrected chi connectivity index (χ0v) is 15.0. The molecule has 127 valence electrons. The summed E-state index contributed by atoms with van der Waals surface area (Å²) in [4.78, 5) is 5.35. The van der Waals surface area contributed by atoms with Crippen LogP contribution in [0.2, 0.25) is 0 Å². The molecule has 1 radical (unpaired) electrons. The number of aliphatic hydroxyl groups is 1. The minimum atomic E-state index is -0.782. The van der Waals surface area contributed by atoms with E-state index in [2.05, 4.69) is 11.9 Å². The predicted octanol–water partition coefficient (Wildman–Crippen LogP) is 4.52. The average Bonchev–Trinajstić information content (AvgIpc) is 2.97. The van der Waals surface area contributed by atoms with Crippen LogP contribution in [0.3, 0.4) is 0 Å². The number of thiazole rings is 1. The van der Waals surface area contributed by atoms with Gasteiger partial charge in [0, 0.05) is 24.0 Å². The molecule has 1 saturated carbocycles. The second-order valence-electron chi connectivity index (χ2n) is 6.59. The molecule has 0 unspecified atom stereocenters. The molecule has 0 aliphatic heterocycles. The van der Waals surface area contributed by atoms with Crippen LogP contribution in [0.5, 0.6) is 0 Å². The van der Waals surface area contributed by atoms with Crippen molar-refractivity contribution in [3.63, 3.8) is 0 Å². The lowest BCUT2D eigenvalue weighted by atomic mass is 9.76. The summed E-state index contributed by atoms with van der Waals surface area (Å²) < 4.78 is 0. The lowest BCUT2D eigenvalue weighted by Crippen LogP contribution is -2.33. The topological polar surface area (TPSA) is 80.8 Å². The van der Waals surface area contributed by atoms with Crippen molar-refractivity contribution in [1.82, 2.24) is 4.98 Å². The SMILES string of the molecule is C[CH]CC(=N)C1CCC(O)(c2cnc(CC(=N)CCC)s2)CC1. The number of aromatic nitrogens is 1. The summed E-state index contributed by atoms with van der Waals surface area (Å²) in [6.45, 7) is 4.07. The van der Waals surface area contributed by atoms with Crippen molar-refractivity contribution in [3.05, 3.63) is 22.5 Å². The molecule has 0 bridgehead atoms. The Hall–Kier alpha value is -1.07. The van der Waals surface area contributed by atoms with Crippen LogP contribution in [0.15, 0.2) is 6.20 Å². The van der Waals surface area contributed by atoms with Crippen molar-refractivity contribution in [2.45, 2.75) is 70.8 Å². The van der Waals surface area contributed by atoms with Crippen molar-refractivity contribution >= 4 is 22.8 Å². The lowest BCUT2D eigenvalue weighted by molar-refractivity contribution is -0.00394. The molecule has 1 aromatic rings. The van der Waals surface area contributed by atoms with Crippen molar-refractivity contribution in [3.8, 4) is 0 Å². The monoisotopic (exact) mass is 334 g/mol. The van der Waals surface area contributed by atoms with E-state index in [-0.39, 0.29) is 0 Å². The van der Waals surface area contributed by atoms with Crippen molar-refractivity contribution < 1.29 is 5.11 Å². The number of hydrogen-bond acceptors (Lipinski definition) is 5. The first-order chi connectivity index (χ1) is 11.0. The summed E-state index contributed by atoms with van der Waals surface area (Å²) >= 11 is 1.55. The molecule has 5 heteroatoms. The second kappa shape index (κ2) is 8.15. The molecule has 23 heavy (non-hydrogen) atoms. The summed E-state index contributed by atoms with van der Waals surface area (Å²) in [5.74, 6) is 0.316. The fourth-order valence-corrected chi connectivity index (χ4v) is 4.36. The van der Waals surface area contributed by atoms with E-state index in [4.69, 9.17) is 10.8 Å². The van der Waals surface area contributed by atoms with Gasteiger partial charge in [0.05, 0.1) is 9.88 Å². The van der Waals surface area contributed by atoms with Gasteiger partial charge in [0.1, 0.15) is 5.60 Å². The summed E-state index contributed by atoms with van der Waals surface area (Å²) in [5, 5.41) is 27.9. The molecule has 0 atom stereocenters. The van der Waals surface area contributed by atoms with E-state index in [1.165, 1.54) is 0 Å². The van der Waals surface area contributed by atoms with E-state index in [1.54, 1.807) is 17.5 Å². The molecular formula is C18H28N3OS. The highest BCUT2D eigenvalue weighted by molar-refractivity contribution is 7.11. The van der Waals surface area contributed by atoms with Gasteiger partial charge in [-0.2, -0.15) is 0 Å². The molecular weight excluding hydrogens is 306 g/mol. The molecule has 0 saturated heterocycles. The summed E-state index contributed by atoms with van der Waals surface area (Å²) in [5.41, 5.74) is 0.733. The van der Waals surface area contributed by atoms with E-state index < -0.39 is 5.60 Å². The quantitative estimate of drug-likeness (QED) is 0.611. The van der Waals surface area contributed by atoms with Crippen molar-refractivity contribution in [2.24, 2.45) is 5.92 Å². The smallest absolute Gasteiger partial charge is 0.100 e. The molecule has 2 rings (SSSR count). The van der Waals surface area contributed by atoms with Crippen molar-refractivity contribution in [2.75, 3.05) is 0 Å². The Morgan fingerprint density at radius 1 is 1.43 bits per heavy atom. The van der Waals surface area contributed by atoms with Crippen LogP contribution < -0.4 is 0 Å². The maximum atomic E-state index is 11.0. The van der Waals surface area contributed by atoms with Crippen LogP contribution in [0.25, 0.3) is 0 Å². The Bertz CT molecular complexity index is 544. The number of hydrogen-bond donors (Lipinski definition) is 3. The van der Waals surface area contributed by atoms with Crippen LogP contribution in [0, 0.1) is 23.2 Å². The van der Waals surface area contributed by atoms with Crippen LogP contribution in [-0.2, 0) is 12.0 Å². The predicted molar refractivity (Wildman–Crippen MR) is 96.6 cm³/mol. The Morgan fingerprint density at radius 3 is 2.74 bits per heavy atom. The fraction of sp³-hybridized carbons (Fsp3) is 0.667. The highest BCUT2D eigenvalue weighted by Crippen LogP contribution is 2.42. The standard InChI is InChI=1S/C18H28N3OS/c1-3-5-14(19)11-17-21-12-16(23-17)18(22)9-7-13(8-10-18)15(20)6-4-2/h4,12-13,19-20,22H,3,5-11H2,1-2H3. The Balaban J connectivity index is 1.96. The summed E-state index contributed by atoms with van der Waals surface area (Å²) in [6.07, 6.45) is 10.2. The van der Waals surface area contributed by atoms with Gasteiger partial charge >= 0.3 is 0 Å². The molecule has 1 heterocycles. The Kier molecular flexibility index (Phi) is 6.48. The minimum Gasteiger partial charge on any atom is -0.384 e. The third-order valence-electron chi connectivity index (χ3n) is 4.66. The largest absolute Gasteiger partial charge is 0.384 e. The molecule has 0 spiro atoms. The van der Waals surface area contributed by atoms with Gasteiger partial charge in [-0.15, -0.1) is 11.3 Å². The first-order valence-electron chi connectivity index (χ1n) is 8.57. The van der Waals surface area contributed by atoms with Crippen LogP contribution >= 0.6 is 11.3 Å². The van der Waals surface area contributed by atoms with Gasteiger partial charge in [0.2, 0.25) is 0 Å². The van der Waals surface area contributed by atoms with Crippen LogP contribution in [0.4, 0.5) is 0 Å². The number of nitrogens with zero attached hydrogens (tertiary/aromatic N) is 1. The maximum absolute atomic E-state index is 11.0. The van der Waals surface area contributed by atoms with Gasteiger partial charge in [-0.1, -0.05) is 20.3 Å². The van der Waals surface area contributed by atoms with E-state index in [0.29, 0.717) is 30.9 Å². The third kappa shape index (κ3) is 4.70. The van der Waals surface area contributed by atoms with Gasteiger partial charge in [-0.05, 0) is 50.9 Å². The molecule has 3 N–H and O–H groups in total. The first kappa shape index (κ1) is 18.3. The van der Waals surface area contributed by atoms with Gasteiger partial charge < -0.3 is 15.9 Å². The molecule has 1 fully saturated rings. The zero-order chi connectivity index (χ0) is 16.9. The Morgan fingerprint density at radius 2 is 2.13 bits per heavy atom. The summed E-state index contributed by atoms with van der Waals surface area (Å²) in [7, 11) is 0. The number of rotatable bonds is 8. The zero-order valence-electron chi connectivity index (χ0n) is 14.2. The van der Waals surface area contributed by atoms with Gasteiger partial charge in [0.15, 0.2) is 0 Å². The van der Waals surface area contributed by atoms with E-state index in [0.717, 1.165) is 47.7 Å². The lowest BCUT2D eigenvalue weighted by Gasteiger charge is -2.35. The Labute approximate surface area is 143 Å². The van der Waals surface area contributed by atoms with E-state index in [1.807, 2.05) is 13.3 Å². The van der Waals surface area contributed by atoms with Gasteiger partial charge in [0.25, 0.3) is 0 Å². The highest BCUT2D eigenvalue weighted by Gasteiger charge is 2.37. The average molecular weight is 335 g/mol. The van der Waals surface area contributed by atoms with Gasteiger partial charge in [-0.25, -0.2) is 4.98 Å².